The first-order valence-electron chi connectivity index (χ1n) is 5.24. The van der Waals surface area contributed by atoms with Gasteiger partial charge in [-0.05, 0) is 31.2 Å². The molecule has 1 aromatic rings. The Morgan fingerprint density at radius 2 is 2.20 bits per heavy atom. The summed E-state index contributed by atoms with van der Waals surface area (Å²) in [5.74, 6) is 0.773. The fraction of sp³-hybridized carbons (Fsp3) is 0.500. The predicted molar refractivity (Wildman–Crippen MR) is 61.1 cm³/mol. The van der Waals surface area contributed by atoms with Crippen molar-refractivity contribution in [2.75, 3.05) is 13.7 Å². The van der Waals surface area contributed by atoms with Crippen LogP contribution < -0.4 is 10.1 Å². The number of methoxy groups -OCH3 is 1. The van der Waals surface area contributed by atoms with Crippen LogP contribution in [-0.2, 0) is 0 Å². The van der Waals surface area contributed by atoms with Crippen LogP contribution in [0.5, 0.6) is 5.75 Å². The number of likely N-dealkylation sites (N-methyl/N-ethyl adjacent to an activating group) is 1. The quantitative estimate of drug-likeness (QED) is 0.776. The molecule has 0 heterocycles. The summed E-state index contributed by atoms with van der Waals surface area (Å²) in [4.78, 5) is 0. The molecule has 0 radical (unpaired) electrons. The van der Waals surface area contributed by atoms with Gasteiger partial charge in [-0.2, -0.15) is 0 Å². The van der Waals surface area contributed by atoms with Gasteiger partial charge in [-0.1, -0.05) is 19.1 Å². The first kappa shape index (κ1) is 12.0. The van der Waals surface area contributed by atoms with Gasteiger partial charge >= 0.3 is 0 Å². The van der Waals surface area contributed by atoms with Gasteiger partial charge in [0.15, 0.2) is 0 Å². The number of ether oxygens (including phenoxy) is 1. The minimum Gasteiger partial charge on any atom is -0.497 e. The van der Waals surface area contributed by atoms with Crippen LogP contribution >= 0.6 is 0 Å². The average Bonchev–Trinajstić information content (AvgIpc) is 2.28. The highest BCUT2D eigenvalue weighted by atomic mass is 16.5. The van der Waals surface area contributed by atoms with Gasteiger partial charge in [0.2, 0.25) is 0 Å². The van der Waals surface area contributed by atoms with E-state index < -0.39 is 6.10 Å². The predicted octanol–water partition coefficient (Wildman–Crippen LogP) is 1.73. The van der Waals surface area contributed by atoms with Crippen LogP contribution in [-0.4, -0.2) is 24.8 Å². The van der Waals surface area contributed by atoms with Crippen LogP contribution in [0.3, 0.4) is 0 Å². The number of rotatable bonds is 5. The molecule has 2 atom stereocenters. The third kappa shape index (κ3) is 3.22. The molecule has 2 unspecified atom stereocenters. The highest BCUT2D eigenvalue weighted by Crippen LogP contribution is 2.21. The summed E-state index contributed by atoms with van der Waals surface area (Å²) in [5.41, 5.74) is 0.878. The molecule has 1 aromatic carbocycles. The topological polar surface area (TPSA) is 41.5 Å². The Morgan fingerprint density at radius 1 is 1.47 bits per heavy atom. The van der Waals surface area contributed by atoms with Gasteiger partial charge in [-0.3, -0.25) is 0 Å². The van der Waals surface area contributed by atoms with Gasteiger partial charge in [0.1, 0.15) is 5.75 Å². The molecule has 15 heavy (non-hydrogen) atoms. The lowest BCUT2D eigenvalue weighted by molar-refractivity contribution is 0.137. The lowest BCUT2D eigenvalue weighted by Crippen LogP contribution is -2.31. The molecular formula is C12H19NO2. The molecule has 0 aromatic heterocycles. The standard InChI is InChI=1S/C12H19NO2/c1-4-13-9(2)12(14)10-6-5-7-11(8-10)15-3/h5-9,12-14H,4H2,1-3H3. The Balaban J connectivity index is 2.76. The minimum atomic E-state index is -0.500. The lowest BCUT2D eigenvalue weighted by atomic mass is 10.0. The van der Waals surface area contributed by atoms with E-state index in [1.54, 1.807) is 7.11 Å². The first-order valence-corrected chi connectivity index (χ1v) is 5.24. The maximum absolute atomic E-state index is 10.0. The van der Waals surface area contributed by atoms with Gasteiger partial charge in [0, 0.05) is 6.04 Å². The van der Waals surface area contributed by atoms with E-state index >= 15 is 0 Å². The van der Waals surface area contributed by atoms with Crippen molar-refractivity contribution >= 4 is 0 Å². The second kappa shape index (κ2) is 5.73. The van der Waals surface area contributed by atoms with Crippen LogP contribution in [0.4, 0.5) is 0 Å². The average molecular weight is 209 g/mol. The van der Waals surface area contributed by atoms with E-state index in [9.17, 15) is 5.11 Å². The van der Waals surface area contributed by atoms with Crippen LogP contribution in [0.15, 0.2) is 24.3 Å². The van der Waals surface area contributed by atoms with Crippen molar-refractivity contribution in [3.8, 4) is 5.75 Å². The Morgan fingerprint density at radius 3 is 2.80 bits per heavy atom. The van der Waals surface area contributed by atoms with Crippen molar-refractivity contribution in [1.82, 2.24) is 5.32 Å². The van der Waals surface area contributed by atoms with Gasteiger partial charge in [-0.15, -0.1) is 0 Å². The normalized spacial score (nSPS) is 14.7. The molecule has 1 rings (SSSR count). The number of hydrogen-bond donors (Lipinski definition) is 2. The molecule has 0 aliphatic carbocycles. The van der Waals surface area contributed by atoms with E-state index in [1.165, 1.54) is 0 Å². The molecule has 2 N–H and O–H groups in total. The summed E-state index contributed by atoms with van der Waals surface area (Å²) in [5, 5.41) is 13.2. The molecule has 3 heteroatoms. The van der Waals surface area contributed by atoms with Crippen molar-refractivity contribution in [3.63, 3.8) is 0 Å². The Bertz CT molecular complexity index is 301. The van der Waals surface area contributed by atoms with Gasteiger partial charge in [-0.25, -0.2) is 0 Å². The monoisotopic (exact) mass is 209 g/mol. The van der Waals surface area contributed by atoms with E-state index in [0.717, 1.165) is 17.9 Å². The Kier molecular flexibility index (Phi) is 4.59. The summed E-state index contributed by atoms with van der Waals surface area (Å²) < 4.78 is 5.11. The van der Waals surface area contributed by atoms with Crippen molar-refractivity contribution in [3.05, 3.63) is 29.8 Å². The summed E-state index contributed by atoms with van der Waals surface area (Å²) in [7, 11) is 1.62. The van der Waals surface area contributed by atoms with E-state index in [0.29, 0.717) is 0 Å². The fourth-order valence-electron chi connectivity index (χ4n) is 1.55. The maximum atomic E-state index is 10.0. The number of aliphatic hydroxyl groups excluding tert-OH is 1. The van der Waals surface area contributed by atoms with E-state index in [4.69, 9.17) is 4.74 Å². The molecule has 0 amide bonds. The van der Waals surface area contributed by atoms with Crippen LogP contribution in [0, 0.1) is 0 Å². The number of hydrogen-bond acceptors (Lipinski definition) is 3. The summed E-state index contributed by atoms with van der Waals surface area (Å²) in [6.07, 6.45) is -0.500. The summed E-state index contributed by atoms with van der Waals surface area (Å²) in [6, 6.07) is 7.56. The molecule has 0 saturated heterocycles. The number of aliphatic hydroxyl groups is 1. The third-order valence-electron chi connectivity index (χ3n) is 2.44. The summed E-state index contributed by atoms with van der Waals surface area (Å²) in [6.45, 7) is 4.84. The molecule has 0 aliphatic rings. The number of benzene rings is 1. The SMILES string of the molecule is CCNC(C)C(O)c1cccc(OC)c1. The molecule has 0 bridgehead atoms. The summed E-state index contributed by atoms with van der Waals surface area (Å²) >= 11 is 0. The lowest BCUT2D eigenvalue weighted by Gasteiger charge is -2.20. The minimum absolute atomic E-state index is 0.0436. The molecule has 0 spiro atoms. The van der Waals surface area contributed by atoms with E-state index in [2.05, 4.69) is 5.32 Å². The molecule has 0 fully saturated rings. The second-order valence-corrected chi connectivity index (χ2v) is 3.57. The van der Waals surface area contributed by atoms with Gasteiger partial charge < -0.3 is 15.2 Å². The van der Waals surface area contributed by atoms with Crippen molar-refractivity contribution in [2.45, 2.75) is 26.0 Å². The zero-order chi connectivity index (χ0) is 11.3. The largest absolute Gasteiger partial charge is 0.497 e. The van der Waals surface area contributed by atoms with E-state index in [-0.39, 0.29) is 6.04 Å². The van der Waals surface area contributed by atoms with Crippen molar-refractivity contribution in [1.29, 1.82) is 0 Å². The fourth-order valence-corrected chi connectivity index (χ4v) is 1.55. The smallest absolute Gasteiger partial charge is 0.119 e. The van der Waals surface area contributed by atoms with Crippen molar-refractivity contribution < 1.29 is 9.84 Å². The molecular weight excluding hydrogens is 190 g/mol. The van der Waals surface area contributed by atoms with Gasteiger partial charge in [0.05, 0.1) is 13.2 Å². The van der Waals surface area contributed by atoms with Crippen LogP contribution in [0.1, 0.15) is 25.5 Å². The number of nitrogens with one attached hydrogen (secondary N) is 1. The van der Waals surface area contributed by atoms with Gasteiger partial charge in [0.25, 0.3) is 0 Å². The first-order chi connectivity index (χ1) is 7.19. The van der Waals surface area contributed by atoms with Crippen LogP contribution in [0.25, 0.3) is 0 Å². The Labute approximate surface area is 91.1 Å². The molecule has 0 aliphatic heterocycles. The Hall–Kier alpha value is -1.06. The highest BCUT2D eigenvalue weighted by molar-refractivity contribution is 5.30. The maximum Gasteiger partial charge on any atom is 0.119 e. The third-order valence-corrected chi connectivity index (χ3v) is 2.44. The van der Waals surface area contributed by atoms with Crippen molar-refractivity contribution in [2.24, 2.45) is 0 Å². The highest BCUT2D eigenvalue weighted by Gasteiger charge is 2.15. The zero-order valence-electron chi connectivity index (χ0n) is 9.53. The molecule has 3 nitrogen and oxygen atoms in total. The van der Waals surface area contributed by atoms with Crippen LogP contribution in [0.2, 0.25) is 0 Å². The molecule has 0 saturated carbocycles. The van der Waals surface area contributed by atoms with E-state index in [1.807, 2.05) is 38.1 Å². The molecule has 84 valence electrons. The zero-order valence-corrected chi connectivity index (χ0v) is 9.53. The second-order valence-electron chi connectivity index (χ2n) is 3.57.